The van der Waals surface area contributed by atoms with Crippen LogP contribution >= 0.6 is 11.6 Å². The fourth-order valence-corrected chi connectivity index (χ4v) is 2.81. The van der Waals surface area contributed by atoms with Crippen molar-refractivity contribution in [2.24, 2.45) is 0 Å². The monoisotopic (exact) mass is 392 g/mol. The van der Waals surface area contributed by atoms with Gasteiger partial charge in [0.15, 0.2) is 0 Å². The molecule has 0 spiro atoms. The van der Waals surface area contributed by atoms with E-state index in [1.54, 1.807) is 31.2 Å². The van der Waals surface area contributed by atoms with Gasteiger partial charge in [-0.05, 0) is 26.0 Å². The number of carbonyl (C=O) groups excluding carboxylic acids is 2. The summed E-state index contributed by atoms with van der Waals surface area (Å²) in [6.45, 7) is 4.69. The van der Waals surface area contributed by atoms with Crippen LogP contribution in [0.4, 0.5) is 0 Å². The van der Waals surface area contributed by atoms with E-state index in [0.717, 1.165) is 0 Å². The molecule has 1 aromatic heterocycles. The van der Waals surface area contributed by atoms with Crippen LogP contribution in [0.5, 0.6) is 0 Å². The quantitative estimate of drug-likeness (QED) is 0.748. The van der Waals surface area contributed by atoms with E-state index in [2.05, 4.69) is 10.4 Å². The standard InChI is InChI=1S/C18H21ClN4O4/c1-11-14(10-21-23(11)16-7-5-4-6-15(16)19)17(25)22(12(2)18(26)27)9-8-20-13(3)24/h4-7,10,12H,8-9H2,1-3H3,(H,20,24)(H,26,27). The number of carboxylic acids is 1. The van der Waals surface area contributed by atoms with Crippen LogP contribution in [-0.4, -0.2) is 56.7 Å². The molecule has 0 radical (unpaired) electrons. The van der Waals surface area contributed by atoms with E-state index in [9.17, 15) is 19.5 Å². The molecule has 9 heteroatoms. The molecule has 8 nitrogen and oxygen atoms in total. The maximum absolute atomic E-state index is 13.0. The number of halogens is 1. The minimum Gasteiger partial charge on any atom is -0.480 e. The van der Waals surface area contributed by atoms with Gasteiger partial charge < -0.3 is 15.3 Å². The largest absolute Gasteiger partial charge is 0.480 e. The zero-order valence-electron chi connectivity index (χ0n) is 15.3. The van der Waals surface area contributed by atoms with Crippen LogP contribution in [0, 0.1) is 6.92 Å². The molecule has 2 aromatic rings. The molecule has 144 valence electrons. The van der Waals surface area contributed by atoms with Crippen LogP contribution in [0.1, 0.15) is 29.9 Å². The van der Waals surface area contributed by atoms with E-state index >= 15 is 0 Å². The zero-order valence-corrected chi connectivity index (χ0v) is 16.0. The molecular weight excluding hydrogens is 372 g/mol. The summed E-state index contributed by atoms with van der Waals surface area (Å²) in [7, 11) is 0. The average Bonchev–Trinajstić information content (AvgIpc) is 2.99. The second-order valence-corrected chi connectivity index (χ2v) is 6.41. The molecule has 2 rings (SSSR count). The molecule has 1 aromatic carbocycles. The van der Waals surface area contributed by atoms with E-state index in [0.29, 0.717) is 16.4 Å². The molecule has 0 bridgehead atoms. The van der Waals surface area contributed by atoms with E-state index in [4.69, 9.17) is 11.6 Å². The molecule has 0 saturated carbocycles. The van der Waals surface area contributed by atoms with Crippen molar-refractivity contribution in [3.63, 3.8) is 0 Å². The van der Waals surface area contributed by atoms with Crippen molar-refractivity contribution >= 4 is 29.4 Å². The number of benzene rings is 1. The first kappa shape index (κ1) is 20.4. The molecule has 0 saturated heterocycles. The van der Waals surface area contributed by atoms with Crippen LogP contribution in [0.25, 0.3) is 5.69 Å². The number of nitrogens with one attached hydrogen (secondary N) is 1. The first-order valence-corrected chi connectivity index (χ1v) is 8.69. The topological polar surface area (TPSA) is 105 Å². The van der Waals surface area contributed by atoms with Gasteiger partial charge in [-0.25, -0.2) is 9.48 Å². The summed E-state index contributed by atoms with van der Waals surface area (Å²) in [6, 6.07) is 6.01. The fraction of sp³-hybridized carbons (Fsp3) is 0.333. The van der Waals surface area contributed by atoms with Gasteiger partial charge in [0.2, 0.25) is 5.91 Å². The van der Waals surface area contributed by atoms with Crippen LogP contribution in [0.3, 0.4) is 0 Å². The Morgan fingerprint density at radius 2 is 2.00 bits per heavy atom. The Morgan fingerprint density at radius 3 is 2.59 bits per heavy atom. The number of hydrogen-bond donors (Lipinski definition) is 2. The number of amides is 2. The summed E-state index contributed by atoms with van der Waals surface area (Å²) < 4.78 is 1.53. The van der Waals surface area contributed by atoms with Gasteiger partial charge in [-0.3, -0.25) is 9.59 Å². The Labute approximate surface area is 161 Å². The number of carboxylic acid groups (broad SMARTS) is 1. The predicted octanol–water partition coefficient (Wildman–Crippen LogP) is 1.89. The number of nitrogens with zero attached hydrogens (tertiary/aromatic N) is 3. The lowest BCUT2D eigenvalue weighted by Crippen LogP contribution is -2.46. The molecule has 0 aliphatic carbocycles. The van der Waals surface area contributed by atoms with Gasteiger partial charge in [-0.2, -0.15) is 5.10 Å². The summed E-state index contributed by atoms with van der Waals surface area (Å²) in [5, 5.41) is 16.6. The van der Waals surface area contributed by atoms with Crippen molar-refractivity contribution in [1.82, 2.24) is 20.0 Å². The van der Waals surface area contributed by atoms with E-state index in [1.807, 2.05) is 0 Å². The Bertz CT molecular complexity index is 865. The number of aliphatic carboxylic acids is 1. The highest BCUT2D eigenvalue weighted by Gasteiger charge is 2.28. The highest BCUT2D eigenvalue weighted by Crippen LogP contribution is 2.23. The normalized spacial score (nSPS) is 11.7. The van der Waals surface area contributed by atoms with Crippen LogP contribution < -0.4 is 5.32 Å². The van der Waals surface area contributed by atoms with Crippen molar-refractivity contribution in [2.75, 3.05) is 13.1 Å². The number of aromatic nitrogens is 2. The molecule has 1 heterocycles. The summed E-state index contributed by atoms with van der Waals surface area (Å²) in [6.07, 6.45) is 1.39. The predicted molar refractivity (Wildman–Crippen MR) is 100 cm³/mol. The Kier molecular flexibility index (Phi) is 6.57. The first-order chi connectivity index (χ1) is 12.7. The lowest BCUT2D eigenvalue weighted by Gasteiger charge is -2.26. The second-order valence-electron chi connectivity index (χ2n) is 6.00. The lowest BCUT2D eigenvalue weighted by atomic mass is 10.2. The van der Waals surface area contributed by atoms with E-state index in [1.165, 1.54) is 29.6 Å². The van der Waals surface area contributed by atoms with Gasteiger partial charge in [-0.15, -0.1) is 0 Å². The SMILES string of the molecule is CC(=O)NCCN(C(=O)c1cnn(-c2ccccc2Cl)c1C)C(C)C(=O)O. The summed E-state index contributed by atoms with van der Waals surface area (Å²) in [4.78, 5) is 36.6. The van der Waals surface area contributed by atoms with Crippen molar-refractivity contribution in [2.45, 2.75) is 26.8 Å². The Morgan fingerprint density at radius 1 is 1.33 bits per heavy atom. The van der Waals surface area contributed by atoms with Crippen molar-refractivity contribution in [3.8, 4) is 5.69 Å². The van der Waals surface area contributed by atoms with Gasteiger partial charge in [-0.1, -0.05) is 23.7 Å². The molecule has 0 aliphatic heterocycles. The van der Waals surface area contributed by atoms with Crippen LogP contribution in [-0.2, 0) is 9.59 Å². The van der Waals surface area contributed by atoms with Gasteiger partial charge >= 0.3 is 5.97 Å². The van der Waals surface area contributed by atoms with E-state index < -0.39 is 17.9 Å². The number of rotatable bonds is 7. The molecule has 2 N–H and O–H groups in total. The van der Waals surface area contributed by atoms with Gasteiger partial charge in [0, 0.05) is 20.0 Å². The van der Waals surface area contributed by atoms with Crippen LogP contribution in [0.15, 0.2) is 30.5 Å². The minimum absolute atomic E-state index is 0.0581. The van der Waals surface area contributed by atoms with Crippen LogP contribution in [0.2, 0.25) is 5.02 Å². The summed E-state index contributed by atoms with van der Waals surface area (Å²) in [5.74, 6) is -1.87. The maximum atomic E-state index is 13.0. The summed E-state index contributed by atoms with van der Waals surface area (Å²) >= 11 is 6.20. The highest BCUT2D eigenvalue weighted by atomic mass is 35.5. The zero-order chi connectivity index (χ0) is 20.1. The Balaban J connectivity index is 2.33. The smallest absolute Gasteiger partial charge is 0.326 e. The second kappa shape index (κ2) is 8.68. The minimum atomic E-state index is -1.14. The lowest BCUT2D eigenvalue weighted by molar-refractivity contribution is -0.141. The van der Waals surface area contributed by atoms with Gasteiger partial charge in [0.1, 0.15) is 6.04 Å². The molecule has 1 atom stereocenters. The number of hydrogen-bond acceptors (Lipinski definition) is 4. The summed E-state index contributed by atoms with van der Waals surface area (Å²) in [5.41, 5.74) is 1.42. The third kappa shape index (κ3) is 4.65. The van der Waals surface area contributed by atoms with Gasteiger partial charge in [0.25, 0.3) is 5.91 Å². The number of carbonyl (C=O) groups is 3. The molecule has 0 fully saturated rings. The fourth-order valence-electron chi connectivity index (χ4n) is 2.60. The van der Waals surface area contributed by atoms with E-state index in [-0.39, 0.29) is 24.6 Å². The molecule has 1 unspecified atom stereocenters. The maximum Gasteiger partial charge on any atom is 0.326 e. The van der Waals surface area contributed by atoms with Crippen molar-refractivity contribution in [1.29, 1.82) is 0 Å². The number of para-hydroxylation sites is 1. The third-order valence-corrected chi connectivity index (χ3v) is 4.45. The van der Waals surface area contributed by atoms with Gasteiger partial charge in [0.05, 0.1) is 28.2 Å². The molecule has 2 amide bonds. The first-order valence-electron chi connectivity index (χ1n) is 8.31. The Hall–Kier alpha value is -2.87. The third-order valence-electron chi connectivity index (χ3n) is 4.13. The molecular formula is C18H21ClN4O4. The molecule has 27 heavy (non-hydrogen) atoms. The highest BCUT2D eigenvalue weighted by molar-refractivity contribution is 6.32. The van der Waals surface area contributed by atoms with Crippen molar-refractivity contribution in [3.05, 3.63) is 46.7 Å². The van der Waals surface area contributed by atoms with Crippen molar-refractivity contribution < 1.29 is 19.5 Å². The average molecular weight is 393 g/mol. The molecule has 0 aliphatic rings.